The van der Waals surface area contributed by atoms with Crippen LogP contribution in [0.3, 0.4) is 0 Å². The van der Waals surface area contributed by atoms with E-state index in [0.29, 0.717) is 11.9 Å². The highest BCUT2D eigenvalue weighted by atomic mass is 79.9. The van der Waals surface area contributed by atoms with Crippen LogP contribution in [0.4, 0.5) is 5.82 Å². The van der Waals surface area contributed by atoms with Gasteiger partial charge in [0.15, 0.2) is 5.82 Å². The zero-order chi connectivity index (χ0) is 12.4. The maximum absolute atomic E-state index is 5.90. The number of nitrogen functional groups attached to an aromatic ring is 1. The summed E-state index contributed by atoms with van der Waals surface area (Å²) in [6, 6.07) is 0. The van der Waals surface area contributed by atoms with Gasteiger partial charge < -0.3 is 10.5 Å². The van der Waals surface area contributed by atoms with E-state index in [1.165, 1.54) is 0 Å². The lowest BCUT2D eigenvalue weighted by molar-refractivity contribution is 0.0502. The summed E-state index contributed by atoms with van der Waals surface area (Å²) in [4.78, 5) is 8.90. The first-order valence-corrected chi connectivity index (χ1v) is 6.88. The number of nitrogens with two attached hydrogens (primary N) is 1. The van der Waals surface area contributed by atoms with Crippen molar-refractivity contribution in [2.45, 2.75) is 51.7 Å². The van der Waals surface area contributed by atoms with Crippen LogP contribution in [0, 0.1) is 0 Å². The smallest absolute Gasteiger partial charge is 0.159 e. The van der Waals surface area contributed by atoms with Crippen molar-refractivity contribution < 1.29 is 4.74 Å². The van der Waals surface area contributed by atoms with E-state index >= 15 is 0 Å². The molecule has 1 aliphatic rings. The summed E-state index contributed by atoms with van der Waals surface area (Å²) in [5, 5.41) is 0. The van der Waals surface area contributed by atoms with Crippen molar-refractivity contribution in [1.29, 1.82) is 0 Å². The van der Waals surface area contributed by atoms with Gasteiger partial charge in [0.05, 0.1) is 16.3 Å². The minimum Gasteiger partial charge on any atom is -0.383 e. The molecular formula is C12H18BrN3O. The van der Waals surface area contributed by atoms with Crippen molar-refractivity contribution in [3.8, 4) is 0 Å². The summed E-state index contributed by atoms with van der Waals surface area (Å²) >= 11 is 3.44. The van der Waals surface area contributed by atoms with Crippen molar-refractivity contribution in [1.82, 2.24) is 9.97 Å². The van der Waals surface area contributed by atoms with Gasteiger partial charge in [-0.2, -0.15) is 0 Å². The monoisotopic (exact) mass is 299 g/mol. The number of aromatic nitrogens is 2. The molecule has 4 nitrogen and oxygen atoms in total. The molecule has 94 valence electrons. The van der Waals surface area contributed by atoms with Gasteiger partial charge in [0, 0.05) is 0 Å². The molecule has 2 unspecified atom stereocenters. The molecule has 2 heterocycles. The molecule has 1 fully saturated rings. The second-order valence-corrected chi connectivity index (χ2v) is 5.28. The lowest BCUT2D eigenvalue weighted by Gasteiger charge is -2.13. The van der Waals surface area contributed by atoms with Gasteiger partial charge in [-0.1, -0.05) is 13.3 Å². The molecule has 5 heteroatoms. The molecule has 1 saturated heterocycles. The highest BCUT2D eigenvalue weighted by Gasteiger charge is 2.26. The van der Waals surface area contributed by atoms with Crippen LogP contribution in [0.15, 0.2) is 4.47 Å². The van der Waals surface area contributed by atoms with Crippen LogP contribution in [0.1, 0.15) is 50.7 Å². The highest BCUT2D eigenvalue weighted by Crippen LogP contribution is 2.32. The topological polar surface area (TPSA) is 61.0 Å². The molecular weight excluding hydrogens is 282 g/mol. The zero-order valence-electron chi connectivity index (χ0n) is 10.2. The van der Waals surface area contributed by atoms with E-state index in [0.717, 1.165) is 41.7 Å². The average Bonchev–Trinajstić information content (AvgIpc) is 2.71. The van der Waals surface area contributed by atoms with Crippen molar-refractivity contribution in [2.75, 3.05) is 5.73 Å². The molecule has 2 rings (SSSR count). The molecule has 0 spiro atoms. The van der Waals surface area contributed by atoms with E-state index in [1.54, 1.807) is 0 Å². The Labute approximate surface area is 110 Å². The fourth-order valence-electron chi connectivity index (χ4n) is 2.07. The summed E-state index contributed by atoms with van der Waals surface area (Å²) in [7, 11) is 0. The van der Waals surface area contributed by atoms with Crippen LogP contribution >= 0.6 is 15.9 Å². The number of halogens is 1. The maximum atomic E-state index is 5.90. The summed E-state index contributed by atoms with van der Waals surface area (Å²) in [5.41, 5.74) is 6.88. The van der Waals surface area contributed by atoms with Gasteiger partial charge in [0.25, 0.3) is 0 Å². The molecule has 1 aliphatic heterocycles. The minimum absolute atomic E-state index is 0.0102. The van der Waals surface area contributed by atoms with Crippen LogP contribution in [-0.2, 0) is 11.2 Å². The van der Waals surface area contributed by atoms with Gasteiger partial charge >= 0.3 is 0 Å². The SMILES string of the molecule is CCCc1nc(C2CCC(C)O2)nc(N)c1Br. The van der Waals surface area contributed by atoms with Crippen LogP contribution in [0.5, 0.6) is 0 Å². The first kappa shape index (κ1) is 12.8. The Bertz CT molecular complexity index is 411. The molecule has 2 N–H and O–H groups in total. The molecule has 0 radical (unpaired) electrons. The molecule has 17 heavy (non-hydrogen) atoms. The molecule has 1 aromatic rings. The first-order chi connectivity index (χ1) is 8.11. The third-order valence-electron chi connectivity index (χ3n) is 2.97. The third kappa shape index (κ3) is 2.77. The average molecular weight is 300 g/mol. The van der Waals surface area contributed by atoms with Crippen molar-refractivity contribution in [3.63, 3.8) is 0 Å². The zero-order valence-corrected chi connectivity index (χ0v) is 11.8. The Morgan fingerprint density at radius 3 is 2.76 bits per heavy atom. The first-order valence-electron chi connectivity index (χ1n) is 6.09. The largest absolute Gasteiger partial charge is 0.383 e. The van der Waals surface area contributed by atoms with Gasteiger partial charge in [-0.05, 0) is 42.1 Å². The second kappa shape index (κ2) is 5.31. The van der Waals surface area contributed by atoms with E-state index in [4.69, 9.17) is 10.5 Å². The number of rotatable bonds is 3. The fraction of sp³-hybridized carbons (Fsp3) is 0.667. The molecule has 0 aromatic carbocycles. The molecule has 1 aromatic heterocycles. The van der Waals surface area contributed by atoms with Crippen LogP contribution in [0.25, 0.3) is 0 Å². The molecule has 2 atom stereocenters. The summed E-state index contributed by atoms with van der Waals surface area (Å²) < 4.78 is 6.61. The Hall–Kier alpha value is -0.680. The fourth-order valence-corrected chi connectivity index (χ4v) is 2.45. The third-order valence-corrected chi connectivity index (χ3v) is 3.83. The highest BCUT2D eigenvalue weighted by molar-refractivity contribution is 9.10. The predicted octanol–water partition coefficient (Wildman–Crippen LogP) is 3.01. The predicted molar refractivity (Wildman–Crippen MR) is 70.7 cm³/mol. The summed E-state index contributed by atoms with van der Waals surface area (Å²) in [6.07, 6.45) is 4.29. The molecule has 0 saturated carbocycles. The Morgan fingerprint density at radius 1 is 1.41 bits per heavy atom. The van der Waals surface area contributed by atoms with Crippen molar-refractivity contribution in [2.24, 2.45) is 0 Å². The molecule has 0 amide bonds. The van der Waals surface area contributed by atoms with Gasteiger partial charge in [0.1, 0.15) is 11.9 Å². The van der Waals surface area contributed by atoms with Crippen LogP contribution in [-0.4, -0.2) is 16.1 Å². The van der Waals surface area contributed by atoms with E-state index in [9.17, 15) is 0 Å². The quantitative estimate of drug-likeness (QED) is 0.932. The number of hydrogen-bond acceptors (Lipinski definition) is 4. The number of anilines is 1. The maximum Gasteiger partial charge on any atom is 0.159 e. The van der Waals surface area contributed by atoms with Gasteiger partial charge in [-0.25, -0.2) is 9.97 Å². The van der Waals surface area contributed by atoms with Crippen molar-refractivity contribution >= 4 is 21.7 Å². The number of aryl methyl sites for hydroxylation is 1. The van der Waals surface area contributed by atoms with E-state index < -0.39 is 0 Å². The lowest BCUT2D eigenvalue weighted by Crippen LogP contribution is -2.10. The Kier molecular flexibility index (Phi) is 3.99. The van der Waals surface area contributed by atoms with Crippen LogP contribution < -0.4 is 5.73 Å². The van der Waals surface area contributed by atoms with E-state index in [-0.39, 0.29) is 6.10 Å². The number of nitrogens with zero attached hydrogens (tertiary/aromatic N) is 2. The van der Waals surface area contributed by atoms with Gasteiger partial charge in [-0.3, -0.25) is 0 Å². The van der Waals surface area contributed by atoms with Gasteiger partial charge in [0.2, 0.25) is 0 Å². The number of hydrogen-bond donors (Lipinski definition) is 1. The standard InChI is InChI=1S/C12H18BrN3O/c1-3-4-8-10(13)11(14)16-12(15-8)9-6-5-7(2)17-9/h7,9H,3-6H2,1-2H3,(H2,14,15,16). The number of ether oxygens (including phenoxy) is 1. The van der Waals surface area contributed by atoms with E-state index in [1.807, 2.05) is 0 Å². The normalized spacial score (nSPS) is 24.2. The van der Waals surface area contributed by atoms with Crippen molar-refractivity contribution in [3.05, 3.63) is 16.0 Å². The summed E-state index contributed by atoms with van der Waals surface area (Å²) in [5.74, 6) is 1.25. The van der Waals surface area contributed by atoms with Gasteiger partial charge in [-0.15, -0.1) is 0 Å². The Morgan fingerprint density at radius 2 is 2.18 bits per heavy atom. The minimum atomic E-state index is 0.0102. The van der Waals surface area contributed by atoms with E-state index in [2.05, 4.69) is 39.7 Å². The second-order valence-electron chi connectivity index (χ2n) is 4.49. The lowest BCUT2D eigenvalue weighted by atomic mass is 10.2. The molecule has 0 bridgehead atoms. The van der Waals surface area contributed by atoms with Crippen LogP contribution in [0.2, 0.25) is 0 Å². The summed E-state index contributed by atoms with van der Waals surface area (Å²) in [6.45, 7) is 4.20. The Balaban J connectivity index is 2.28. The molecule has 0 aliphatic carbocycles.